The van der Waals surface area contributed by atoms with Gasteiger partial charge in [0.1, 0.15) is 11.0 Å². The number of benzene rings is 2. The van der Waals surface area contributed by atoms with Crippen molar-refractivity contribution >= 4 is 29.1 Å². The van der Waals surface area contributed by atoms with Crippen LogP contribution < -0.4 is 16.1 Å². The lowest BCUT2D eigenvalue weighted by molar-refractivity contribution is 0.0954. The number of aromatic nitrogens is 1. The fourth-order valence-electron chi connectivity index (χ4n) is 2.75. The number of aliphatic hydroxyl groups is 1. The number of amides is 1. The van der Waals surface area contributed by atoms with Gasteiger partial charge in [-0.2, -0.15) is 5.10 Å². The van der Waals surface area contributed by atoms with E-state index in [1.54, 1.807) is 19.1 Å². The van der Waals surface area contributed by atoms with E-state index in [2.05, 4.69) is 22.1 Å². The summed E-state index contributed by atoms with van der Waals surface area (Å²) in [6, 6.07) is 18.7. The largest absolute Gasteiger partial charge is 0.398 e. The van der Waals surface area contributed by atoms with Gasteiger partial charge in [-0.25, -0.2) is 9.99 Å². The number of nitrogens with two attached hydrogens (primary N) is 1. The number of carbonyl (C=O) groups is 1. The minimum absolute atomic E-state index is 0.177. The molecule has 8 heteroatoms. The Morgan fingerprint density at radius 1 is 1.27 bits per heavy atom. The number of nitrogens with one attached hydrogen (secondary N) is 1. The highest BCUT2D eigenvalue weighted by Gasteiger charge is 2.19. The van der Waals surface area contributed by atoms with Crippen molar-refractivity contribution in [3.63, 3.8) is 0 Å². The summed E-state index contributed by atoms with van der Waals surface area (Å²) in [5.41, 5.74) is 8.48. The van der Waals surface area contributed by atoms with E-state index in [9.17, 15) is 9.90 Å². The molecule has 0 aliphatic heterocycles. The molecule has 1 heterocycles. The zero-order chi connectivity index (χ0) is 21.5. The Morgan fingerprint density at radius 3 is 2.53 bits per heavy atom. The number of aryl methyl sites for hydroxylation is 1. The van der Waals surface area contributed by atoms with Crippen LogP contribution in [0.25, 0.3) is 0 Å². The fraction of sp³-hybridized carbons (Fsp3) is 0.136. The van der Waals surface area contributed by atoms with Gasteiger partial charge < -0.3 is 16.2 Å². The monoisotopic (exact) mass is 421 g/mol. The third-order valence-electron chi connectivity index (χ3n) is 4.34. The number of aliphatic hydroxyl groups excluding tert-OH is 1. The van der Waals surface area contributed by atoms with Gasteiger partial charge in [0, 0.05) is 13.3 Å². The number of rotatable bonds is 8. The Hall–Kier alpha value is -3.49. The van der Waals surface area contributed by atoms with E-state index in [-0.39, 0.29) is 11.6 Å². The molecule has 7 nitrogen and oxygen atoms in total. The van der Waals surface area contributed by atoms with Crippen molar-refractivity contribution in [2.75, 3.05) is 5.01 Å². The van der Waals surface area contributed by atoms with E-state index in [1.165, 1.54) is 22.5 Å². The van der Waals surface area contributed by atoms with E-state index in [1.807, 2.05) is 48.5 Å². The van der Waals surface area contributed by atoms with Crippen molar-refractivity contribution in [1.29, 1.82) is 0 Å². The van der Waals surface area contributed by atoms with Crippen LogP contribution in [0.4, 0.5) is 5.13 Å². The first kappa shape index (κ1) is 21.2. The van der Waals surface area contributed by atoms with Crippen molar-refractivity contribution < 1.29 is 9.90 Å². The van der Waals surface area contributed by atoms with Crippen LogP contribution in [0.3, 0.4) is 0 Å². The summed E-state index contributed by atoms with van der Waals surface area (Å²) in [6.07, 6.45) is 0.458. The summed E-state index contributed by atoms with van der Waals surface area (Å²) < 4.78 is 0. The quantitative estimate of drug-likeness (QED) is 0.382. The number of anilines is 1. The highest BCUT2D eigenvalue weighted by atomic mass is 32.1. The van der Waals surface area contributed by atoms with E-state index in [4.69, 9.17) is 5.73 Å². The van der Waals surface area contributed by atoms with Gasteiger partial charge in [0.15, 0.2) is 0 Å². The molecular formula is C22H23N5O2S. The van der Waals surface area contributed by atoms with E-state index in [0.29, 0.717) is 27.8 Å². The highest BCUT2D eigenvalue weighted by Crippen LogP contribution is 2.28. The van der Waals surface area contributed by atoms with Gasteiger partial charge in [-0.1, -0.05) is 72.0 Å². The average Bonchev–Trinajstić information content (AvgIpc) is 3.17. The predicted octanol–water partition coefficient (Wildman–Crippen LogP) is 3.34. The summed E-state index contributed by atoms with van der Waals surface area (Å²) in [7, 11) is 0. The van der Waals surface area contributed by atoms with E-state index >= 15 is 0 Å². The van der Waals surface area contributed by atoms with Gasteiger partial charge in [0.25, 0.3) is 5.91 Å². The SMILES string of the molecule is C=NN(/C=C(\N)C(O)c1ccccc1)c1nc(C)c(C(=O)NCc2ccccc2)s1. The van der Waals surface area contributed by atoms with Crippen LogP contribution >= 0.6 is 11.3 Å². The van der Waals surface area contributed by atoms with Crippen LogP contribution in [-0.2, 0) is 6.54 Å². The normalized spacial score (nSPS) is 12.3. The van der Waals surface area contributed by atoms with Gasteiger partial charge in [0.05, 0.1) is 17.6 Å². The summed E-state index contributed by atoms with van der Waals surface area (Å²) >= 11 is 1.17. The lowest BCUT2D eigenvalue weighted by atomic mass is 10.1. The molecule has 30 heavy (non-hydrogen) atoms. The molecule has 0 aliphatic rings. The molecule has 0 aliphatic carbocycles. The average molecular weight is 422 g/mol. The first-order valence-corrected chi connectivity index (χ1v) is 10.1. The zero-order valence-electron chi connectivity index (χ0n) is 16.5. The number of hydrogen-bond donors (Lipinski definition) is 3. The second-order valence-corrected chi connectivity index (χ2v) is 7.49. The van der Waals surface area contributed by atoms with Crippen molar-refractivity contribution in [2.24, 2.45) is 10.8 Å². The number of hydrazone groups is 1. The molecule has 1 aromatic heterocycles. The molecule has 1 amide bonds. The van der Waals surface area contributed by atoms with Gasteiger partial charge in [-0.05, 0) is 18.1 Å². The first-order valence-electron chi connectivity index (χ1n) is 9.25. The molecule has 2 aromatic carbocycles. The molecule has 154 valence electrons. The maximum atomic E-state index is 12.6. The van der Waals surface area contributed by atoms with Crippen molar-refractivity contribution in [1.82, 2.24) is 10.3 Å². The molecule has 1 unspecified atom stereocenters. The predicted molar refractivity (Wildman–Crippen MR) is 120 cm³/mol. The number of nitrogens with zero attached hydrogens (tertiary/aromatic N) is 3. The van der Waals surface area contributed by atoms with E-state index in [0.717, 1.165) is 5.56 Å². The fourth-order valence-corrected chi connectivity index (χ4v) is 3.67. The maximum Gasteiger partial charge on any atom is 0.263 e. The summed E-state index contributed by atoms with van der Waals surface area (Å²) in [5, 5.41) is 19.0. The van der Waals surface area contributed by atoms with Crippen LogP contribution in [0.15, 0.2) is 77.7 Å². The van der Waals surface area contributed by atoms with Crippen molar-refractivity contribution in [3.05, 3.63) is 94.3 Å². The Labute approximate surface area is 179 Å². The molecule has 3 aromatic rings. The lowest BCUT2D eigenvalue weighted by Gasteiger charge is -2.15. The molecule has 3 rings (SSSR count). The van der Waals surface area contributed by atoms with Gasteiger partial charge >= 0.3 is 0 Å². The zero-order valence-corrected chi connectivity index (χ0v) is 17.3. The summed E-state index contributed by atoms with van der Waals surface area (Å²) in [6.45, 7) is 5.72. The Morgan fingerprint density at radius 2 is 1.90 bits per heavy atom. The summed E-state index contributed by atoms with van der Waals surface area (Å²) in [5.74, 6) is -0.217. The summed E-state index contributed by atoms with van der Waals surface area (Å²) in [4.78, 5) is 17.5. The minimum Gasteiger partial charge on any atom is -0.398 e. The second-order valence-electron chi connectivity index (χ2n) is 6.51. The highest BCUT2D eigenvalue weighted by molar-refractivity contribution is 7.17. The molecular weight excluding hydrogens is 398 g/mol. The molecule has 4 N–H and O–H groups in total. The molecule has 0 spiro atoms. The molecule has 1 atom stereocenters. The first-order chi connectivity index (χ1) is 14.5. The molecule has 0 saturated carbocycles. The van der Waals surface area contributed by atoms with Crippen LogP contribution in [0, 0.1) is 6.92 Å². The number of carbonyl (C=O) groups excluding carboxylic acids is 1. The Balaban J connectivity index is 1.74. The third kappa shape index (κ3) is 5.11. The molecule has 0 fully saturated rings. The maximum absolute atomic E-state index is 12.6. The molecule has 0 radical (unpaired) electrons. The number of hydrogen-bond acceptors (Lipinski definition) is 7. The van der Waals surface area contributed by atoms with Gasteiger partial charge in [0.2, 0.25) is 5.13 Å². The van der Waals surface area contributed by atoms with Crippen LogP contribution in [0.2, 0.25) is 0 Å². The molecule has 0 bridgehead atoms. The lowest BCUT2D eigenvalue weighted by Crippen LogP contribution is -2.22. The van der Waals surface area contributed by atoms with Crippen molar-refractivity contribution in [2.45, 2.75) is 19.6 Å². The van der Waals surface area contributed by atoms with Crippen LogP contribution in [-0.4, -0.2) is 22.7 Å². The van der Waals surface area contributed by atoms with Crippen molar-refractivity contribution in [3.8, 4) is 0 Å². The Kier molecular flexibility index (Phi) is 6.95. The smallest absolute Gasteiger partial charge is 0.263 e. The standard InChI is InChI=1S/C22H23N5O2S/c1-15-20(21(29)25-13-16-9-5-3-6-10-16)30-22(26-15)27(24-2)14-18(23)19(28)17-11-7-4-8-12-17/h3-12,14,19,28H,2,13,23H2,1H3,(H,25,29)/b18-14-. The second kappa shape index (κ2) is 9.82. The van der Waals surface area contributed by atoms with Crippen LogP contribution in [0.1, 0.15) is 32.6 Å². The topological polar surface area (TPSA) is 104 Å². The van der Waals surface area contributed by atoms with Gasteiger partial charge in [-0.3, -0.25) is 4.79 Å². The number of thiazole rings is 1. The molecule has 0 saturated heterocycles. The van der Waals surface area contributed by atoms with Crippen LogP contribution in [0.5, 0.6) is 0 Å². The third-order valence-corrected chi connectivity index (χ3v) is 5.48. The van der Waals surface area contributed by atoms with E-state index < -0.39 is 6.10 Å². The Bertz CT molecular complexity index is 1030. The minimum atomic E-state index is -0.995. The van der Waals surface area contributed by atoms with Gasteiger partial charge in [-0.15, -0.1) is 0 Å².